The average Bonchev–Trinajstić information content (AvgIpc) is 3.05. The third-order valence-corrected chi connectivity index (χ3v) is 6.22. The molecular formula is C20H24N4OS. The Balaban J connectivity index is 1.59. The van der Waals surface area contributed by atoms with Gasteiger partial charge in [-0.1, -0.05) is 49.2 Å². The van der Waals surface area contributed by atoms with Gasteiger partial charge in [-0.2, -0.15) is 0 Å². The molecule has 1 atom stereocenters. The van der Waals surface area contributed by atoms with Crippen LogP contribution in [-0.2, 0) is 4.79 Å². The predicted octanol–water partition coefficient (Wildman–Crippen LogP) is 4.12. The minimum absolute atomic E-state index is 0.0927. The molecule has 1 aliphatic carbocycles. The van der Waals surface area contributed by atoms with Crippen molar-refractivity contribution in [3.05, 3.63) is 35.9 Å². The number of aryl methyl sites for hydroxylation is 1. The van der Waals surface area contributed by atoms with E-state index in [1.54, 1.807) is 0 Å². The highest BCUT2D eigenvalue weighted by atomic mass is 32.2. The zero-order valence-electron chi connectivity index (χ0n) is 15.2. The van der Waals surface area contributed by atoms with E-state index < -0.39 is 0 Å². The molecule has 1 fully saturated rings. The first kappa shape index (κ1) is 17.3. The van der Waals surface area contributed by atoms with Crippen LogP contribution in [0.1, 0.15) is 44.6 Å². The second-order valence-corrected chi connectivity index (χ2v) is 8.43. The first-order valence-corrected chi connectivity index (χ1v) is 10.2. The van der Waals surface area contributed by atoms with Gasteiger partial charge < -0.3 is 5.32 Å². The van der Waals surface area contributed by atoms with Gasteiger partial charge in [0.1, 0.15) is 0 Å². The van der Waals surface area contributed by atoms with Crippen molar-refractivity contribution in [1.82, 2.24) is 19.9 Å². The molecule has 0 saturated heterocycles. The molecule has 5 nitrogen and oxygen atoms in total. The minimum Gasteiger partial charge on any atom is -0.352 e. The van der Waals surface area contributed by atoms with Crippen molar-refractivity contribution in [1.29, 1.82) is 0 Å². The molecule has 3 aromatic rings. The SMILES string of the molecule is Cc1cc2nnc(S[C@H](C)C(=O)NC3CCCCC3)n2c2ccccc12. The Morgan fingerprint density at radius 1 is 1.23 bits per heavy atom. The number of rotatable bonds is 4. The number of aromatic nitrogens is 3. The highest BCUT2D eigenvalue weighted by Gasteiger charge is 2.22. The molecule has 136 valence electrons. The molecule has 1 aromatic carbocycles. The first-order valence-electron chi connectivity index (χ1n) is 9.34. The molecule has 1 amide bonds. The van der Waals surface area contributed by atoms with Gasteiger partial charge in [0.05, 0.1) is 10.8 Å². The molecular weight excluding hydrogens is 344 g/mol. The van der Waals surface area contributed by atoms with Crippen LogP contribution in [0.4, 0.5) is 0 Å². The van der Waals surface area contributed by atoms with E-state index in [-0.39, 0.29) is 11.2 Å². The lowest BCUT2D eigenvalue weighted by molar-refractivity contribution is -0.121. The number of carbonyl (C=O) groups is 1. The maximum absolute atomic E-state index is 12.6. The molecule has 0 bridgehead atoms. The van der Waals surface area contributed by atoms with Gasteiger partial charge in [0.15, 0.2) is 10.8 Å². The third-order valence-electron chi connectivity index (χ3n) is 5.18. The Hall–Kier alpha value is -2.08. The summed E-state index contributed by atoms with van der Waals surface area (Å²) in [5.41, 5.74) is 3.08. The van der Waals surface area contributed by atoms with Gasteiger partial charge in [0, 0.05) is 11.4 Å². The van der Waals surface area contributed by atoms with Gasteiger partial charge in [-0.3, -0.25) is 9.20 Å². The van der Waals surface area contributed by atoms with Gasteiger partial charge in [0.2, 0.25) is 5.91 Å². The number of amides is 1. The van der Waals surface area contributed by atoms with Gasteiger partial charge in [-0.25, -0.2) is 0 Å². The standard InChI is InChI=1S/C20H24N4OS/c1-13-12-18-22-23-20(24(18)17-11-7-6-10-16(13)17)26-14(2)19(25)21-15-8-4-3-5-9-15/h6-7,10-12,14-15H,3-5,8-9H2,1-2H3,(H,21,25)/t14-/m1/s1. The van der Waals surface area contributed by atoms with Crippen LogP contribution >= 0.6 is 11.8 Å². The maximum Gasteiger partial charge on any atom is 0.233 e. The number of nitrogens with zero attached hydrogens (tertiary/aromatic N) is 3. The third kappa shape index (κ3) is 3.30. The number of benzene rings is 1. The summed E-state index contributed by atoms with van der Waals surface area (Å²) < 4.78 is 2.05. The fourth-order valence-electron chi connectivity index (χ4n) is 3.73. The Morgan fingerprint density at radius 2 is 2.00 bits per heavy atom. The van der Waals surface area contributed by atoms with Crippen molar-refractivity contribution in [3.8, 4) is 0 Å². The zero-order chi connectivity index (χ0) is 18.1. The largest absolute Gasteiger partial charge is 0.352 e. The van der Waals surface area contributed by atoms with E-state index in [1.165, 1.54) is 42.0 Å². The fourth-order valence-corrected chi connectivity index (χ4v) is 4.60. The monoisotopic (exact) mass is 368 g/mol. The summed E-state index contributed by atoms with van der Waals surface area (Å²) in [5, 5.41) is 13.6. The molecule has 4 rings (SSSR count). The molecule has 1 aliphatic rings. The lowest BCUT2D eigenvalue weighted by atomic mass is 9.95. The molecule has 6 heteroatoms. The smallest absolute Gasteiger partial charge is 0.233 e. The average molecular weight is 369 g/mol. The highest BCUT2D eigenvalue weighted by Crippen LogP contribution is 2.28. The summed E-state index contributed by atoms with van der Waals surface area (Å²) in [5.74, 6) is 0.0927. The molecule has 2 aromatic heterocycles. The van der Waals surface area contributed by atoms with Crippen molar-refractivity contribution in [2.75, 3.05) is 0 Å². The van der Waals surface area contributed by atoms with E-state index >= 15 is 0 Å². The summed E-state index contributed by atoms with van der Waals surface area (Å²) in [7, 11) is 0. The van der Waals surface area contributed by atoms with E-state index in [1.807, 2.05) is 25.1 Å². The highest BCUT2D eigenvalue weighted by molar-refractivity contribution is 8.00. The van der Waals surface area contributed by atoms with E-state index in [0.717, 1.165) is 29.2 Å². The molecule has 0 unspecified atom stereocenters. The molecule has 0 radical (unpaired) electrons. The summed E-state index contributed by atoms with van der Waals surface area (Å²) in [4.78, 5) is 12.6. The number of thioether (sulfide) groups is 1. The topological polar surface area (TPSA) is 59.3 Å². The second kappa shape index (κ2) is 7.27. The number of pyridine rings is 1. The van der Waals surface area contributed by atoms with Gasteiger partial charge >= 0.3 is 0 Å². The molecule has 1 saturated carbocycles. The number of carbonyl (C=O) groups excluding carboxylic acids is 1. The van der Waals surface area contributed by atoms with Crippen LogP contribution in [0, 0.1) is 6.92 Å². The second-order valence-electron chi connectivity index (χ2n) is 7.12. The predicted molar refractivity (Wildman–Crippen MR) is 106 cm³/mol. The molecule has 0 aliphatic heterocycles. The van der Waals surface area contributed by atoms with Gasteiger partial charge in [0.25, 0.3) is 0 Å². The molecule has 2 heterocycles. The normalized spacial score (nSPS) is 16.8. The Morgan fingerprint density at radius 3 is 2.81 bits per heavy atom. The van der Waals surface area contributed by atoms with Crippen LogP contribution in [0.15, 0.2) is 35.5 Å². The number of hydrogen-bond donors (Lipinski definition) is 1. The van der Waals surface area contributed by atoms with Crippen molar-refractivity contribution in [2.45, 2.75) is 62.4 Å². The minimum atomic E-state index is -0.204. The summed E-state index contributed by atoms with van der Waals surface area (Å²) in [6.07, 6.45) is 5.91. The zero-order valence-corrected chi connectivity index (χ0v) is 16.1. The molecule has 0 spiro atoms. The Labute approximate surface area is 157 Å². The van der Waals surface area contributed by atoms with Crippen molar-refractivity contribution < 1.29 is 4.79 Å². The quantitative estimate of drug-likeness (QED) is 0.704. The van der Waals surface area contributed by atoms with Crippen LogP contribution in [0.2, 0.25) is 0 Å². The van der Waals surface area contributed by atoms with Crippen LogP contribution < -0.4 is 5.32 Å². The van der Waals surface area contributed by atoms with E-state index in [9.17, 15) is 4.79 Å². The summed E-state index contributed by atoms with van der Waals surface area (Å²) in [6.45, 7) is 4.03. The van der Waals surface area contributed by atoms with Gasteiger partial charge in [-0.15, -0.1) is 10.2 Å². The Kier molecular flexibility index (Phi) is 4.85. The Bertz CT molecular complexity index is 946. The number of nitrogens with one attached hydrogen (secondary N) is 1. The van der Waals surface area contributed by atoms with E-state index in [0.29, 0.717) is 6.04 Å². The fraction of sp³-hybridized carbons (Fsp3) is 0.450. The first-order chi connectivity index (χ1) is 12.6. The number of fused-ring (bicyclic) bond motifs is 3. The van der Waals surface area contributed by atoms with E-state index in [4.69, 9.17) is 0 Å². The molecule has 1 N–H and O–H groups in total. The van der Waals surface area contributed by atoms with Crippen LogP contribution in [0.25, 0.3) is 16.6 Å². The molecule has 26 heavy (non-hydrogen) atoms. The number of para-hydroxylation sites is 1. The van der Waals surface area contributed by atoms with Gasteiger partial charge in [-0.05, 0) is 44.4 Å². The van der Waals surface area contributed by atoms with E-state index in [2.05, 4.69) is 39.0 Å². The maximum atomic E-state index is 12.6. The van der Waals surface area contributed by atoms with Crippen molar-refractivity contribution in [2.24, 2.45) is 0 Å². The summed E-state index contributed by atoms with van der Waals surface area (Å²) >= 11 is 1.47. The van der Waals surface area contributed by atoms with Crippen molar-refractivity contribution in [3.63, 3.8) is 0 Å². The van der Waals surface area contributed by atoms with Crippen LogP contribution in [0.3, 0.4) is 0 Å². The van der Waals surface area contributed by atoms with Crippen molar-refractivity contribution >= 4 is 34.2 Å². The van der Waals surface area contributed by atoms with Crippen LogP contribution in [-0.4, -0.2) is 31.8 Å². The number of hydrogen-bond acceptors (Lipinski definition) is 4. The summed E-state index contributed by atoms with van der Waals surface area (Å²) in [6, 6.07) is 10.6. The lowest BCUT2D eigenvalue weighted by Crippen LogP contribution is -2.40. The van der Waals surface area contributed by atoms with Crippen LogP contribution in [0.5, 0.6) is 0 Å². The lowest BCUT2D eigenvalue weighted by Gasteiger charge is -2.24.